The Balaban J connectivity index is 1.51. The first-order valence-electron chi connectivity index (χ1n) is 9.27. The van der Waals surface area contributed by atoms with Crippen LogP contribution in [0.1, 0.15) is 28.7 Å². The van der Waals surface area contributed by atoms with Crippen LogP contribution in [-0.4, -0.2) is 41.1 Å². The van der Waals surface area contributed by atoms with Crippen LogP contribution in [0, 0.1) is 5.92 Å². The molecule has 2 aliphatic heterocycles. The molecular weight excluding hydrogens is 434 g/mol. The highest BCUT2D eigenvalue weighted by atomic mass is 32.2. The summed E-state index contributed by atoms with van der Waals surface area (Å²) < 4.78 is 34.7. The minimum atomic E-state index is -2.91. The van der Waals surface area contributed by atoms with Crippen molar-refractivity contribution in [3.63, 3.8) is 0 Å². The van der Waals surface area contributed by atoms with Gasteiger partial charge in [0.25, 0.3) is 5.91 Å². The number of hydrogen-bond acceptors (Lipinski definition) is 8. The van der Waals surface area contributed by atoms with Crippen molar-refractivity contribution in [2.45, 2.75) is 31.6 Å². The molecule has 2 aromatic rings. The van der Waals surface area contributed by atoms with Gasteiger partial charge < -0.3 is 20.5 Å². The number of amidine groups is 1. The van der Waals surface area contributed by atoms with E-state index in [0.29, 0.717) is 23.2 Å². The second-order valence-corrected chi connectivity index (χ2v) is 9.03. The van der Waals surface area contributed by atoms with Crippen LogP contribution in [0.3, 0.4) is 0 Å². The molecule has 0 saturated carbocycles. The van der Waals surface area contributed by atoms with E-state index in [9.17, 15) is 13.6 Å². The number of thioether (sulfide) groups is 1. The zero-order valence-corrected chi connectivity index (χ0v) is 17.6. The third-order valence-electron chi connectivity index (χ3n) is 5.08. The molecule has 1 aromatic carbocycles. The molecule has 0 spiro atoms. The molecule has 1 amide bonds. The van der Waals surface area contributed by atoms with E-state index in [4.69, 9.17) is 15.5 Å². The van der Waals surface area contributed by atoms with Crippen LogP contribution in [0.15, 0.2) is 34.6 Å². The molecule has 0 bridgehead atoms. The lowest BCUT2D eigenvalue weighted by molar-refractivity contribution is -0.0498. The third-order valence-corrected chi connectivity index (χ3v) is 7.04. The molecule has 1 fully saturated rings. The van der Waals surface area contributed by atoms with Gasteiger partial charge in [-0.3, -0.25) is 4.79 Å². The van der Waals surface area contributed by atoms with Crippen LogP contribution < -0.4 is 15.8 Å². The van der Waals surface area contributed by atoms with Crippen molar-refractivity contribution in [2.75, 3.05) is 17.7 Å². The number of carbonyl (C=O) groups is 1. The molecular formula is C19H20F2N4O3S2. The topological polar surface area (TPSA) is 98.8 Å². The molecule has 1 saturated heterocycles. The zero-order chi connectivity index (χ0) is 21.3. The number of fused-ring (bicyclic) bond motifs is 1. The summed E-state index contributed by atoms with van der Waals surface area (Å²) in [4.78, 5) is 21.8. The SMILES string of the molecule is CC1CC2CSC(N)=NC2(c2nc(NC(=O)c3ccc(OC(F)F)cc3)cs2)CO1. The summed E-state index contributed by atoms with van der Waals surface area (Å²) in [5, 5.41) is 5.74. The van der Waals surface area contributed by atoms with Crippen LogP contribution in [0.5, 0.6) is 5.75 Å². The largest absolute Gasteiger partial charge is 0.435 e. The Morgan fingerprint density at radius 2 is 2.17 bits per heavy atom. The van der Waals surface area contributed by atoms with Gasteiger partial charge in [0.1, 0.15) is 22.1 Å². The summed E-state index contributed by atoms with van der Waals surface area (Å²) in [6.07, 6.45) is 1.01. The van der Waals surface area contributed by atoms with E-state index in [2.05, 4.69) is 15.0 Å². The first kappa shape index (κ1) is 21.0. The number of anilines is 1. The number of nitrogens with zero attached hydrogens (tertiary/aromatic N) is 2. The number of alkyl halides is 2. The summed E-state index contributed by atoms with van der Waals surface area (Å²) in [6.45, 7) is -0.475. The van der Waals surface area contributed by atoms with Crippen LogP contribution in [0.4, 0.5) is 14.6 Å². The number of carbonyl (C=O) groups excluding carboxylic acids is 1. The number of nitrogens with two attached hydrogens (primary N) is 1. The molecule has 11 heteroatoms. The fourth-order valence-corrected chi connectivity index (χ4v) is 5.56. The van der Waals surface area contributed by atoms with E-state index in [1.807, 2.05) is 6.92 Å². The van der Waals surface area contributed by atoms with Gasteiger partial charge in [0, 0.05) is 22.6 Å². The van der Waals surface area contributed by atoms with E-state index in [0.717, 1.165) is 17.2 Å². The molecule has 3 unspecified atom stereocenters. The van der Waals surface area contributed by atoms with Gasteiger partial charge >= 0.3 is 6.61 Å². The number of amides is 1. The Morgan fingerprint density at radius 1 is 1.40 bits per heavy atom. The van der Waals surface area contributed by atoms with Gasteiger partial charge in [0.2, 0.25) is 0 Å². The number of aromatic nitrogens is 1. The second kappa shape index (κ2) is 8.48. The van der Waals surface area contributed by atoms with E-state index in [1.165, 1.54) is 35.6 Å². The fraction of sp³-hybridized carbons (Fsp3) is 0.421. The van der Waals surface area contributed by atoms with Gasteiger partial charge in [-0.15, -0.1) is 11.3 Å². The monoisotopic (exact) mass is 454 g/mol. The molecule has 3 atom stereocenters. The van der Waals surface area contributed by atoms with E-state index < -0.39 is 18.1 Å². The molecule has 30 heavy (non-hydrogen) atoms. The normalized spacial score (nSPS) is 26.1. The summed E-state index contributed by atoms with van der Waals surface area (Å²) in [5.41, 5.74) is 5.68. The highest BCUT2D eigenvalue weighted by Gasteiger charge is 2.49. The molecule has 2 aliphatic rings. The van der Waals surface area contributed by atoms with Gasteiger partial charge in [-0.05, 0) is 37.6 Å². The van der Waals surface area contributed by atoms with Crippen molar-refractivity contribution >= 4 is 40.0 Å². The Labute approximate surface area is 180 Å². The highest BCUT2D eigenvalue weighted by molar-refractivity contribution is 8.13. The lowest BCUT2D eigenvalue weighted by atomic mass is 9.80. The summed E-state index contributed by atoms with van der Waals surface area (Å²) >= 11 is 2.94. The minimum Gasteiger partial charge on any atom is -0.435 e. The van der Waals surface area contributed by atoms with Crippen LogP contribution in [0.2, 0.25) is 0 Å². The first-order valence-corrected chi connectivity index (χ1v) is 11.1. The zero-order valence-electron chi connectivity index (χ0n) is 16.0. The predicted molar refractivity (Wildman–Crippen MR) is 112 cm³/mol. The molecule has 0 radical (unpaired) electrons. The Bertz CT molecular complexity index is 954. The van der Waals surface area contributed by atoms with Crippen molar-refractivity contribution in [2.24, 2.45) is 16.6 Å². The van der Waals surface area contributed by atoms with Crippen molar-refractivity contribution in [1.29, 1.82) is 0 Å². The van der Waals surface area contributed by atoms with Crippen LogP contribution in [-0.2, 0) is 10.3 Å². The number of benzene rings is 1. The number of halogens is 2. The van der Waals surface area contributed by atoms with Gasteiger partial charge in [-0.1, -0.05) is 11.8 Å². The lowest BCUT2D eigenvalue weighted by Gasteiger charge is -2.44. The van der Waals surface area contributed by atoms with Crippen molar-refractivity contribution in [3.05, 3.63) is 40.2 Å². The number of aliphatic imine (C=N–C) groups is 1. The van der Waals surface area contributed by atoms with Gasteiger partial charge in [-0.2, -0.15) is 8.78 Å². The fourth-order valence-electron chi connectivity index (χ4n) is 3.59. The van der Waals surface area contributed by atoms with Gasteiger partial charge in [0.05, 0.1) is 12.7 Å². The minimum absolute atomic E-state index is 0.0141. The number of hydrogen-bond donors (Lipinski definition) is 2. The first-order chi connectivity index (χ1) is 14.4. The molecule has 7 nitrogen and oxygen atoms in total. The van der Waals surface area contributed by atoms with Crippen LogP contribution in [0.25, 0.3) is 0 Å². The number of nitrogens with one attached hydrogen (secondary N) is 1. The Kier molecular flexibility index (Phi) is 5.94. The summed E-state index contributed by atoms with van der Waals surface area (Å²) in [5.74, 6) is 1.07. The Morgan fingerprint density at radius 3 is 2.90 bits per heavy atom. The highest BCUT2D eigenvalue weighted by Crippen LogP contribution is 2.47. The average Bonchev–Trinajstić information content (AvgIpc) is 3.17. The molecule has 0 aliphatic carbocycles. The maximum absolute atomic E-state index is 12.5. The smallest absolute Gasteiger partial charge is 0.387 e. The summed E-state index contributed by atoms with van der Waals surface area (Å²) in [6, 6.07) is 5.45. The van der Waals surface area contributed by atoms with E-state index >= 15 is 0 Å². The molecule has 3 heterocycles. The maximum Gasteiger partial charge on any atom is 0.387 e. The molecule has 1 aromatic heterocycles. The van der Waals surface area contributed by atoms with Crippen molar-refractivity contribution in [1.82, 2.24) is 4.98 Å². The number of rotatable bonds is 5. The average molecular weight is 455 g/mol. The van der Waals surface area contributed by atoms with Crippen LogP contribution >= 0.6 is 23.1 Å². The predicted octanol–water partition coefficient (Wildman–Crippen LogP) is 3.68. The van der Waals surface area contributed by atoms with Gasteiger partial charge in [0.15, 0.2) is 5.17 Å². The number of ether oxygens (including phenoxy) is 2. The number of thiazole rings is 1. The Hall–Kier alpha value is -2.24. The molecule has 4 rings (SSSR count). The molecule has 3 N–H and O–H groups in total. The van der Waals surface area contributed by atoms with E-state index in [1.54, 1.807) is 17.1 Å². The third kappa shape index (κ3) is 4.28. The lowest BCUT2D eigenvalue weighted by Crippen LogP contribution is -2.49. The van der Waals surface area contributed by atoms with Gasteiger partial charge in [-0.25, -0.2) is 9.98 Å². The summed E-state index contributed by atoms with van der Waals surface area (Å²) in [7, 11) is 0. The van der Waals surface area contributed by atoms with Crippen molar-refractivity contribution < 1.29 is 23.0 Å². The quantitative estimate of drug-likeness (QED) is 0.715. The standard InChI is InChI=1S/C19H20F2N4O3S2/c1-10-6-12-7-30-18(22)25-19(12,9-27-10)16-24-14(8-29-16)23-15(26)11-2-4-13(5-3-11)28-17(20)21/h2-5,8,10,12,17H,6-7,9H2,1H3,(H2,22,25)(H,23,26). The van der Waals surface area contributed by atoms with Crippen molar-refractivity contribution in [3.8, 4) is 5.75 Å². The second-order valence-electron chi connectivity index (χ2n) is 7.13. The van der Waals surface area contributed by atoms with E-state index in [-0.39, 0.29) is 17.8 Å². The molecule has 160 valence electrons. The maximum atomic E-state index is 12.5.